The third-order valence-corrected chi connectivity index (χ3v) is 3.57. The minimum atomic E-state index is -0.0609. The Morgan fingerprint density at radius 2 is 2.28 bits per heavy atom. The predicted molar refractivity (Wildman–Crippen MR) is 71.8 cm³/mol. The van der Waals surface area contributed by atoms with E-state index in [9.17, 15) is 4.79 Å². The SMILES string of the molecule is CCN1CCC(NC(=O)c2ccnc(Cl)c2)CC1. The number of pyridine rings is 1. The third kappa shape index (κ3) is 3.43. The first-order valence-electron chi connectivity index (χ1n) is 6.34. The van der Waals surface area contributed by atoms with Gasteiger partial charge in [-0.15, -0.1) is 0 Å². The van der Waals surface area contributed by atoms with Gasteiger partial charge in [-0.05, 0) is 31.5 Å². The van der Waals surface area contributed by atoms with Gasteiger partial charge in [0.05, 0.1) is 0 Å². The number of rotatable bonds is 3. The molecule has 1 amide bonds. The van der Waals surface area contributed by atoms with Crippen LogP contribution < -0.4 is 5.32 Å². The van der Waals surface area contributed by atoms with Crippen LogP contribution in [0.15, 0.2) is 18.3 Å². The molecule has 0 bridgehead atoms. The summed E-state index contributed by atoms with van der Waals surface area (Å²) in [5, 5.41) is 3.41. The molecule has 2 heterocycles. The summed E-state index contributed by atoms with van der Waals surface area (Å²) in [6.07, 6.45) is 3.58. The fourth-order valence-corrected chi connectivity index (χ4v) is 2.38. The minimum Gasteiger partial charge on any atom is -0.349 e. The van der Waals surface area contributed by atoms with Crippen molar-refractivity contribution in [2.75, 3.05) is 19.6 Å². The molecule has 0 aromatic carbocycles. The number of halogens is 1. The molecule has 0 unspecified atom stereocenters. The normalized spacial score (nSPS) is 17.7. The van der Waals surface area contributed by atoms with E-state index in [0.29, 0.717) is 10.7 Å². The molecular formula is C13H18ClN3O. The van der Waals surface area contributed by atoms with Crippen LogP contribution in [0.4, 0.5) is 0 Å². The van der Waals surface area contributed by atoms with E-state index in [0.717, 1.165) is 32.5 Å². The minimum absolute atomic E-state index is 0.0609. The highest BCUT2D eigenvalue weighted by atomic mass is 35.5. The first-order valence-corrected chi connectivity index (χ1v) is 6.71. The van der Waals surface area contributed by atoms with Gasteiger partial charge in [0, 0.05) is 30.9 Å². The van der Waals surface area contributed by atoms with Gasteiger partial charge in [-0.25, -0.2) is 4.98 Å². The van der Waals surface area contributed by atoms with Gasteiger partial charge in [0.25, 0.3) is 5.91 Å². The Morgan fingerprint density at radius 1 is 1.56 bits per heavy atom. The highest BCUT2D eigenvalue weighted by Crippen LogP contribution is 2.12. The van der Waals surface area contributed by atoms with Gasteiger partial charge in [-0.3, -0.25) is 4.79 Å². The molecular weight excluding hydrogens is 250 g/mol. The van der Waals surface area contributed by atoms with Crippen molar-refractivity contribution >= 4 is 17.5 Å². The number of hydrogen-bond acceptors (Lipinski definition) is 3. The lowest BCUT2D eigenvalue weighted by atomic mass is 10.0. The molecule has 0 spiro atoms. The maximum absolute atomic E-state index is 12.0. The predicted octanol–water partition coefficient (Wildman–Crippen LogP) is 1.95. The highest BCUT2D eigenvalue weighted by molar-refractivity contribution is 6.29. The first-order chi connectivity index (χ1) is 8.69. The molecule has 0 saturated carbocycles. The zero-order chi connectivity index (χ0) is 13.0. The number of piperidine rings is 1. The van der Waals surface area contributed by atoms with Gasteiger partial charge in [-0.2, -0.15) is 0 Å². The van der Waals surface area contributed by atoms with Crippen LogP contribution in [-0.2, 0) is 0 Å². The molecule has 1 fully saturated rings. The summed E-state index contributed by atoms with van der Waals surface area (Å²) in [7, 11) is 0. The summed E-state index contributed by atoms with van der Waals surface area (Å²) < 4.78 is 0. The second-order valence-corrected chi connectivity index (χ2v) is 4.94. The molecule has 0 aliphatic carbocycles. The molecule has 1 aliphatic heterocycles. The maximum Gasteiger partial charge on any atom is 0.251 e. The van der Waals surface area contributed by atoms with Gasteiger partial charge in [0.2, 0.25) is 0 Å². The Bertz CT molecular complexity index is 416. The van der Waals surface area contributed by atoms with Crippen LogP contribution in [0.5, 0.6) is 0 Å². The fourth-order valence-electron chi connectivity index (χ4n) is 2.21. The second kappa shape index (κ2) is 6.16. The summed E-state index contributed by atoms with van der Waals surface area (Å²) >= 11 is 5.77. The lowest BCUT2D eigenvalue weighted by Crippen LogP contribution is -2.44. The molecule has 1 aliphatic rings. The number of aromatic nitrogens is 1. The van der Waals surface area contributed by atoms with Crippen LogP contribution >= 0.6 is 11.6 Å². The number of amides is 1. The fraction of sp³-hybridized carbons (Fsp3) is 0.538. The molecule has 0 atom stereocenters. The van der Waals surface area contributed by atoms with Crippen molar-refractivity contribution in [3.63, 3.8) is 0 Å². The van der Waals surface area contributed by atoms with E-state index in [-0.39, 0.29) is 11.9 Å². The Morgan fingerprint density at radius 3 is 2.89 bits per heavy atom. The number of nitrogens with zero attached hydrogens (tertiary/aromatic N) is 2. The van der Waals surface area contributed by atoms with Crippen molar-refractivity contribution in [1.29, 1.82) is 0 Å². The quantitative estimate of drug-likeness (QED) is 0.852. The summed E-state index contributed by atoms with van der Waals surface area (Å²) in [6.45, 7) is 5.36. The van der Waals surface area contributed by atoms with Crippen LogP contribution in [0.1, 0.15) is 30.1 Å². The number of carbonyl (C=O) groups excluding carboxylic acids is 1. The van der Waals surface area contributed by atoms with Crippen LogP contribution in [0.3, 0.4) is 0 Å². The average Bonchev–Trinajstić information content (AvgIpc) is 2.39. The molecule has 98 valence electrons. The van der Waals surface area contributed by atoms with E-state index in [1.54, 1.807) is 18.3 Å². The standard InChI is InChI=1S/C13H18ClN3O/c1-2-17-7-4-11(5-8-17)16-13(18)10-3-6-15-12(14)9-10/h3,6,9,11H,2,4-5,7-8H2,1H3,(H,16,18). The molecule has 2 rings (SSSR count). The Kier molecular flexibility index (Phi) is 4.55. The molecule has 0 radical (unpaired) electrons. The van der Waals surface area contributed by atoms with Crippen LogP contribution in [0, 0.1) is 0 Å². The summed E-state index contributed by atoms with van der Waals surface area (Å²) in [5.41, 5.74) is 0.577. The van der Waals surface area contributed by atoms with Crippen molar-refractivity contribution in [2.45, 2.75) is 25.8 Å². The second-order valence-electron chi connectivity index (χ2n) is 4.55. The van der Waals surface area contributed by atoms with E-state index < -0.39 is 0 Å². The molecule has 18 heavy (non-hydrogen) atoms. The van der Waals surface area contributed by atoms with Crippen LogP contribution in [-0.4, -0.2) is 41.5 Å². The van der Waals surface area contributed by atoms with Gasteiger partial charge in [0.1, 0.15) is 5.15 Å². The largest absolute Gasteiger partial charge is 0.349 e. The average molecular weight is 268 g/mol. The van der Waals surface area contributed by atoms with Crippen LogP contribution in [0.2, 0.25) is 5.15 Å². The Balaban J connectivity index is 1.89. The van der Waals surface area contributed by atoms with Gasteiger partial charge in [0.15, 0.2) is 0 Å². The first kappa shape index (κ1) is 13.3. The van der Waals surface area contributed by atoms with Crippen molar-refractivity contribution in [3.8, 4) is 0 Å². The lowest BCUT2D eigenvalue weighted by molar-refractivity contribution is 0.0912. The molecule has 4 nitrogen and oxygen atoms in total. The van der Waals surface area contributed by atoms with E-state index in [2.05, 4.69) is 22.1 Å². The van der Waals surface area contributed by atoms with E-state index in [1.165, 1.54) is 0 Å². The molecule has 1 N–H and O–H groups in total. The highest BCUT2D eigenvalue weighted by Gasteiger charge is 2.20. The lowest BCUT2D eigenvalue weighted by Gasteiger charge is -2.31. The number of carbonyl (C=O) groups is 1. The smallest absolute Gasteiger partial charge is 0.251 e. The van der Waals surface area contributed by atoms with E-state index in [4.69, 9.17) is 11.6 Å². The topological polar surface area (TPSA) is 45.2 Å². The van der Waals surface area contributed by atoms with Crippen molar-refractivity contribution in [2.24, 2.45) is 0 Å². The van der Waals surface area contributed by atoms with Gasteiger partial charge >= 0.3 is 0 Å². The zero-order valence-electron chi connectivity index (χ0n) is 10.5. The summed E-state index contributed by atoms with van der Waals surface area (Å²) in [5.74, 6) is -0.0609. The zero-order valence-corrected chi connectivity index (χ0v) is 11.3. The molecule has 1 aromatic heterocycles. The Hall–Kier alpha value is -1.13. The number of nitrogens with one attached hydrogen (secondary N) is 1. The summed E-state index contributed by atoms with van der Waals surface area (Å²) in [6, 6.07) is 3.55. The van der Waals surface area contributed by atoms with Crippen LogP contribution in [0.25, 0.3) is 0 Å². The van der Waals surface area contributed by atoms with Gasteiger partial charge in [-0.1, -0.05) is 18.5 Å². The molecule has 1 saturated heterocycles. The molecule has 1 aromatic rings. The monoisotopic (exact) mass is 267 g/mol. The summed E-state index contributed by atoms with van der Waals surface area (Å²) in [4.78, 5) is 18.3. The van der Waals surface area contributed by atoms with Gasteiger partial charge < -0.3 is 10.2 Å². The maximum atomic E-state index is 12.0. The van der Waals surface area contributed by atoms with Crippen molar-refractivity contribution < 1.29 is 4.79 Å². The number of likely N-dealkylation sites (tertiary alicyclic amines) is 1. The number of hydrogen-bond donors (Lipinski definition) is 1. The molecule has 5 heteroatoms. The Labute approximate surface area is 112 Å². The van der Waals surface area contributed by atoms with E-state index in [1.807, 2.05) is 0 Å². The third-order valence-electron chi connectivity index (χ3n) is 3.36. The van der Waals surface area contributed by atoms with Crippen molar-refractivity contribution in [1.82, 2.24) is 15.2 Å². The van der Waals surface area contributed by atoms with E-state index >= 15 is 0 Å². The van der Waals surface area contributed by atoms with Crippen molar-refractivity contribution in [3.05, 3.63) is 29.0 Å².